The lowest BCUT2D eigenvalue weighted by atomic mass is 9.74. The zero-order valence-electron chi connectivity index (χ0n) is 16.9. The highest BCUT2D eigenvalue weighted by atomic mass is 35.5. The summed E-state index contributed by atoms with van der Waals surface area (Å²) in [7, 11) is 0. The fraction of sp³-hybridized carbons (Fsp3) is 0.545. The van der Waals surface area contributed by atoms with Gasteiger partial charge in [-0.25, -0.2) is 4.79 Å². The van der Waals surface area contributed by atoms with Gasteiger partial charge in [-0.3, -0.25) is 4.79 Å². The van der Waals surface area contributed by atoms with Gasteiger partial charge in [-0.05, 0) is 50.8 Å². The molecule has 2 atom stereocenters. The minimum absolute atomic E-state index is 0.114. The summed E-state index contributed by atoms with van der Waals surface area (Å²) in [5.41, 5.74) is 2.49. The molecule has 2 aliphatic heterocycles. The molecule has 1 aromatic carbocycles. The third-order valence-corrected chi connectivity index (χ3v) is 6.17. The minimum Gasteiger partial charge on any atom is -0.466 e. The van der Waals surface area contributed by atoms with Gasteiger partial charge in [0.2, 0.25) is 0 Å². The first-order chi connectivity index (χ1) is 14.0. The summed E-state index contributed by atoms with van der Waals surface area (Å²) in [6.07, 6.45) is 3.02. The first-order valence-electron chi connectivity index (χ1n) is 10.2. The SMILES string of the molecule is CCOC(=O)C[C@H]1C(C(=O)OCC)=C2CCCCN2C[C@@H]1c1ccc(Cl)cc1Cl. The van der Waals surface area contributed by atoms with Crippen molar-refractivity contribution in [1.82, 2.24) is 4.90 Å². The second kappa shape index (κ2) is 9.86. The molecule has 29 heavy (non-hydrogen) atoms. The molecule has 0 radical (unpaired) electrons. The van der Waals surface area contributed by atoms with E-state index in [0.29, 0.717) is 28.8 Å². The Hall–Kier alpha value is -1.72. The molecule has 1 aromatic rings. The first-order valence-corrected chi connectivity index (χ1v) is 11.0. The topological polar surface area (TPSA) is 55.8 Å². The fourth-order valence-electron chi connectivity index (χ4n) is 4.41. The van der Waals surface area contributed by atoms with Crippen LogP contribution >= 0.6 is 23.2 Å². The lowest BCUT2D eigenvalue weighted by molar-refractivity contribution is -0.145. The lowest BCUT2D eigenvalue weighted by Crippen LogP contribution is -2.43. The van der Waals surface area contributed by atoms with E-state index in [1.807, 2.05) is 6.07 Å². The van der Waals surface area contributed by atoms with Crippen LogP contribution in [-0.2, 0) is 19.1 Å². The number of halogens is 2. The molecule has 0 aromatic heterocycles. The number of piperidine rings is 1. The van der Waals surface area contributed by atoms with Gasteiger partial charge in [0.1, 0.15) is 0 Å². The molecule has 0 bridgehead atoms. The van der Waals surface area contributed by atoms with Crippen LogP contribution in [0.5, 0.6) is 0 Å². The monoisotopic (exact) mass is 439 g/mol. The smallest absolute Gasteiger partial charge is 0.336 e. The van der Waals surface area contributed by atoms with Gasteiger partial charge in [-0.2, -0.15) is 0 Å². The number of hydrogen-bond acceptors (Lipinski definition) is 5. The predicted molar refractivity (Wildman–Crippen MR) is 113 cm³/mol. The van der Waals surface area contributed by atoms with Crippen LogP contribution in [0.3, 0.4) is 0 Å². The maximum Gasteiger partial charge on any atom is 0.336 e. The summed E-state index contributed by atoms with van der Waals surface area (Å²) in [5, 5.41) is 1.09. The van der Waals surface area contributed by atoms with E-state index in [1.54, 1.807) is 26.0 Å². The van der Waals surface area contributed by atoms with Crippen LogP contribution < -0.4 is 0 Å². The average molecular weight is 440 g/mol. The minimum atomic E-state index is -0.351. The quantitative estimate of drug-likeness (QED) is 0.585. The summed E-state index contributed by atoms with van der Waals surface area (Å²) < 4.78 is 10.6. The zero-order valence-corrected chi connectivity index (χ0v) is 18.4. The molecule has 0 unspecified atom stereocenters. The molecule has 3 rings (SSSR count). The van der Waals surface area contributed by atoms with E-state index in [0.717, 1.165) is 37.1 Å². The van der Waals surface area contributed by atoms with Gasteiger partial charge in [-0.1, -0.05) is 29.3 Å². The zero-order chi connectivity index (χ0) is 21.0. The number of carbonyl (C=O) groups is 2. The number of fused-ring (bicyclic) bond motifs is 1. The number of benzene rings is 1. The van der Waals surface area contributed by atoms with Crippen molar-refractivity contribution in [2.45, 2.75) is 45.4 Å². The molecule has 0 aliphatic carbocycles. The van der Waals surface area contributed by atoms with Crippen molar-refractivity contribution in [2.75, 3.05) is 26.3 Å². The maximum atomic E-state index is 13.0. The molecular weight excluding hydrogens is 413 g/mol. The molecule has 7 heteroatoms. The van der Waals surface area contributed by atoms with E-state index in [1.165, 1.54) is 0 Å². The van der Waals surface area contributed by atoms with Crippen LogP contribution in [0.15, 0.2) is 29.5 Å². The molecular formula is C22H27Cl2NO4. The third kappa shape index (κ3) is 4.89. The molecule has 0 amide bonds. The molecule has 1 saturated heterocycles. The van der Waals surface area contributed by atoms with Crippen LogP contribution in [0.1, 0.15) is 51.0 Å². The van der Waals surface area contributed by atoms with Gasteiger partial charge in [0, 0.05) is 40.7 Å². The Morgan fingerprint density at radius 1 is 1.14 bits per heavy atom. The van der Waals surface area contributed by atoms with Gasteiger partial charge in [-0.15, -0.1) is 0 Å². The predicted octanol–water partition coefficient (Wildman–Crippen LogP) is 4.96. The maximum absolute atomic E-state index is 13.0. The second-order valence-corrected chi connectivity index (χ2v) is 8.22. The van der Waals surface area contributed by atoms with Crippen LogP contribution in [-0.4, -0.2) is 43.1 Å². The summed E-state index contributed by atoms with van der Waals surface area (Å²) in [6.45, 7) is 5.73. The Labute approximate surface area is 181 Å². The normalized spacial score (nSPS) is 21.6. The lowest BCUT2D eigenvalue weighted by Gasteiger charge is -2.44. The van der Waals surface area contributed by atoms with Gasteiger partial charge < -0.3 is 14.4 Å². The van der Waals surface area contributed by atoms with E-state index in [4.69, 9.17) is 32.7 Å². The highest BCUT2D eigenvalue weighted by molar-refractivity contribution is 6.35. The van der Waals surface area contributed by atoms with Crippen LogP contribution in [0, 0.1) is 5.92 Å². The van der Waals surface area contributed by atoms with Gasteiger partial charge >= 0.3 is 11.9 Å². The standard InChI is InChI=1S/C22H27Cl2NO4/c1-3-28-20(26)12-16-17(15-9-8-14(23)11-18(15)24)13-25-10-6-5-7-19(25)21(16)22(27)29-4-2/h8-9,11,16-17H,3-7,10,12-13H2,1-2H3/t16-,17-/m1/s1. The van der Waals surface area contributed by atoms with Gasteiger partial charge in [0.15, 0.2) is 0 Å². The van der Waals surface area contributed by atoms with Crippen molar-refractivity contribution in [3.05, 3.63) is 45.1 Å². The Balaban J connectivity index is 2.09. The second-order valence-electron chi connectivity index (χ2n) is 7.37. The van der Waals surface area contributed by atoms with Crippen LogP contribution in [0.2, 0.25) is 10.0 Å². The molecule has 2 heterocycles. The number of allylic oxidation sites excluding steroid dienone is 1. The van der Waals surface area contributed by atoms with E-state index in [9.17, 15) is 9.59 Å². The Bertz CT molecular complexity index is 808. The Kier molecular flexibility index (Phi) is 7.47. The van der Waals surface area contributed by atoms with Crippen molar-refractivity contribution in [3.63, 3.8) is 0 Å². The fourth-order valence-corrected chi connectivity index (χ4v) is 4.96. The van der Waals surface area contributed by atoms with Crippen LogP contribution in [0.25, 0.3) is 0 Å². The first kappa shape index (κ1) is 22.0. The third-order valence-electron chi connectivity index (χ3n) is 5.61. The molecule has 0 saturated carbocycles. The summed E-state index contributed by atoms with van der Waals surface area (Å²) in [5.74, 6) is -1.15. The van der Waals surface area contributed by atoms with E-state index < -0.39 is 0 Å². The largest absolute Gasteiger partial charge is 0.466 e. The molecule has 1 fully saturated rings. The van der Waals surface area contributed by atoms with Gasteiger partial charge in [0.25, 0.3) is 0 Å². The highest BCUT2D eigenvalue weighted by Gasteiger charge is 2.42. The average Bonchev–Trinajstić information content (AvgIpc) is 2.68. The number of rotatable bonds is 6. The number of esters is 2. The van der Waals surface area contributed by atoms with Crippen molar-refractivity contribution in [1.29, 1.82) is 0 Å². The number of ether oxygens (including phenoxy) is 2. The van der Waals surface area contributed by atoms with E-state index in [-0.39, 0.29) is 36.8 Å². The molecule has 5 nitrogen and oxygen atoms in total. The van der Waals surface area contributed by atoms with Crippen molar-refractivity contribution in [2.24, 2.45) is 5.92 Å². The molecule has 2 aliphatic rings. The van der Waals surface area contributed by atoms with Crippen molar-refractivity contribution < 1.29 is 19.1 Å². The Morgan fingerprint density at radius 3 is 2.59 bits per heavy atom. The van der Waals surface area contributed by atoms with Gasteiger partial charge in [0.05, 0.1) is 25.2 Å². The number of nitrogens with zero attached hydrogens (tertiary/aromatic N) is 1. The summed E-state index contributed by atoms with van der Waals surface area (Å²) in [4.78, 5) is 27.7. The highest BCUT2D eigenvalue weighted by Crippen LogP contribution is 2.45. The van der Waals surface area contributed by atoms with Crippen molar-refractivity contribution in [3.8, 4) is 0 Å². The summed E-state index contributed by atoms with van der Waals surface area (Å²) >= 11 is 12.6. The molecule has 0 spiro atoms. The van der Waals surface area contributed by atoms with E-state index >= 15 is 0 Å². The van der Waals surface area contributed by atoms with Crippen molar-refractivity contribution >= 4 is 35.1 Å². The molecule has 0 N–H and O–H groups in total. The number of carbonyl (C=O) groups excluding carboxylic acids is 2. The Morgan fingerprint density at radius 2 is 1.90 bits per heavy atom. The van der Waals surface area contributed by atoms with Crippen LogP contribution in [0.4, 0.5) is 0 Å². The van der Waals surface area contributed by atoms with E-state index in [2.05, 4.69) is 4.90 Å². The number of hydrogen-bond donors (Lipinski definition) is 0. The molecule has 158 valence electrons. The summed E-state index contributed by atoms with van der Waals surface area (Å²) in [6, 6.07) is 5.40.